The fraction of sp³-hybridized carbons (Fsp3) is 0.400. The van der Waals surface area contributed by atoms with Gasteiger partial charge >= 0.3 is 0 Å². The van der Waals surface area contributed by atoms with E-state index in [2.05, 4.69) is 87.7 Å². The van der Waals surface area contributed by atoms with Gasteiger partial charge in [-0.2, -0.15) is 0 Å². The molecule has 0 amide bonds. The molecule has 1 saturated carbocycles. The number of fused-ring (bicyclic) bond motifs is 2. The van der Waals surface area contributed by atoms with Crippen LogP contribution in [0.3, 0.4) is 0 Å². The summed E-state index contributed by atoms with van der Waals surface area (Å²) in [7, 11) is 0. The van der Waals surface area contributed by atoms with Gasteiger partial charge in [0.1, 0.15) is 0 Å². The third-order valence-corrected chi connectivity index (χ3v) is 8.11. The molecule has 1 fully saturated rings. The minimum atomic E-state index is -0.665. The number of nitrogens with zero attached hydrogens (tertiary/aromatic N) is 2. The maximum Gasteiger partial charge on any atom is 0.161 e. The molecule has 0 aromatic heterocycles. The van der Waals surface area contributed by atoms with Crippen molar-refractivity contribution in [1.29, 1.82) is 0 Å². The van der Waals surface area contributed by atoms with Crippen LogP contribution in [0.15, 0.2) is 72.1 Å². The van der Waals surface area contributed by atoms with Crippen molar-refractivity contribution in [1.82, 2.24) is 0 Å². The number of rotatable bonds is 4. The molecule has 0 atom stereocenters. The van der Waals surface area contributed by atoms with Crippen molar-refractivity contribution in [2.24, 2.45) is 11.8 Å². The summed E-state index contributed by atoms with van der Waals surface area (Å²) in [5.74, 6) is -1.31. The molecule has 4 nitrogen and oxygen atoms in total. The molecule has 2 aromatic rings. The Morgan fingerprint density at radius 2 is 1.03 bits per heavy atom. The highest BCUT2D eigenvalue weighted by molar-refractivity contribution is 6.26. The second-order valence-electron chi connectivity index (χ2n) is 10.6. The lowest BCUT2D eigenvalue weighted by atomic mass is 9.69. The summed E-state index contributed by atoms with van der Waals surface area (Å²) in [5.41, 5.74) is 6.44. The molecule has 0 radical (unpaired) electrons. The van der Waals surface area contributed by atoms with E-state index >= 15 is 0 Å². The first-order valence-electron chi connectivity index (χ1n) is 12.4. The van der Waals surface area contributed by atoms with E-state index in [0.29, 0.717) is 0 Å². The molecule has 0 unspecified atom stereocenters. The first kappa shape index (κ1) is 22.6. The number of hydrogen-bond acceptors (Lipinski definition) is 4. The van der Waals surface area contributed by atoms with E-state index in [1.165, 1.54) is 22.5 Å². The SMILES string of the molecule is CCN1/C(=C/C2C(=O)C(/C=C3/N(CC)c4ccccc4C3(C)C)C2=O)C(C)(C)c2ccccc21. The van der Waals surface area contributed by atoms with Gasteiger partial charge in [-0.15, -0.1) is 0 Å². The minimum absolute atomic E-state index is 0.00983. The van der Waals surface area contributed by atoms with Crippen LogP contribution in [0.25, 0.3) is 0 Å². The Morgan fingerprint density at radius 3 is 1.38 bits per heavy atom. The lowest BCUT2D eigenvalue weighted by Crippen LogP contribution is -2.48. The number of carbonyl (C=O) groups is 2. The Labute approximate surface area is 203 Å². The number of anilines is 2. The van der Waals surface area contributed by atoms with Gasteiger partial charge in [-0.1, -0.05) is 64.1 Å². The Bertz CT molecular complexity index is 1140. The van der Waals surface area contributed by atoms with Gasteiger partial charge in [-0.25, -0.2) is 0 Å². The van der Waals surface area contributed by atoms with Crippen molar-refractivity contribution in [3.63, 3.8) is 0 Å². The van der Waals surface area contributed by atoms with Crippen LogP contribution in [0.1, 0.15) is 52.7 Å². The van der Waals surface area contributed by atoms with E-state index in [-0.39, 0.29) is 22.4 Å². The summed E-state index contributed by atoms with van der Waals surface area (Å²) < 4.78 is 0. The van der Waals surface area contributed by atoms with Gasteiger partial charge in [-0.05, 0) is 49.3 Å². The van der Waals surface area contributed by atoms with E-state index in [0.717, 1.165) is 24.5 Å². The average Bonchev–Trinajstić information content (AvgIpc) is 3.19. The van der Waals surface area contributed by atoms with Crippen molar-refractivity contribution in [3.8, 4) is 0 Å². The summed E-state index contributed by atoms with van der Waals surface area (Å²) in [5, 5.41) is 0. The summed E-state index contributed by atoms with van der Waals surface area (Å²) in [4.78, 5) is 31.2. The van der Waals surface area contributed by atoms with Crippen LogP contribution in [-0.4, -0.2) is 24.7 Å². The van der Waals surface area contributed by atoms with Crippen LogP contribution in [-0.2, 0) is 20.4 Å². The summed E-state index contributed by atoms with van der Waals surface area (Å²) in [6.45, 7) is 14.5. The predicted octanol–water partition coefficient (Wildman–Crippen LogP) is 5.77. The topological polar surface area (TPSA) is 40.6 Å². The highest BCUT2D eigenvalue weighted by Gasteiger charge is 2.50. The Hall–Kier alpha value is -3.14. The maximum absolute atomic E-state index is 13.4. The standard InChI is InChI=1S/C30H34N2O2/c1-7-31-23-15-11-9-13-21(23)29(3,4)25(31)17-19-27(33)20(28(19)34)18-26-30(5,6)22-14-10-12-16-24(22)32(26)8-2/h9-20H,7-8H2,1-6H3/b25-17+,26-18+. The molecular formula is C30H34N2O2. The predicted molar refractivity (Wildman–Crippen MR) is 138 cm³/mol. The number of Topliss-reactive ketones (excluding diaryl/α,β-unsaturated/α-hetero) is 2. The lowest BCUT2D eigenvalue weighted by molar-refractivity contribution is -0.146. The van der Waals surface area contributed by atoms with E-state index in [4.69, 9.17) is 0 Å². The molecule has 4 heteroatoms. The van der Waals surface area contributed by atoms with Crippen molar-refractivity contribution in [2.45, 2.75) is 52.4 Å². The van der Waals surface area contributed by atoms with Crippen molar-refractivity contribution < 1.29 is 9.59 Å². The number of likely N-dealkylation sites (N-methyl/N-ethyl adjacent to an activating group) is 2. The average molecular weight is 455 g/mol. The monoisotopic (exact) mass is 454 g/mol. The number of hydrogen-bond donors (Lipinski definition) is 0. The van der Waals surface area contributed by atoms with Crippen molar-refractivity contribution in [3.05, 3.63) is 83.2 Å². The largest absolute Gasteiger partial charge is 0.345 e. The number of benzene rings is 2. The molecule has 0 bridgehead atoms. The van der Waals surface area contributed by atoms with E-state index in [9.17, 15) is 9.59 Å². The van der Waals surface area contributed by atoms with Crippen molar-refractivity contribution in [2.75, 3.05) is 22.9 Å². The highest BCUT2D eigenvalue weighted by Crippen LogP contribution is 2.50. The lowest BCUT2D eigenvalue weighted by Gasteiger charge is -2.34. The summed E-state index contributed by atoms with van der Waals surface area (Å²) >= 11 is 0. The summed E-state index contributed by atoms with van der Waals surface area (Å²) in [6.07, 6.45) is 3.88. The number of allylic oxidation sites excluding steroid dienone is 4. The molecule has 34 heavy (non-hydrogen) atoms. The quantitative estimate of drug-likeness (QED) is 0.550. The molecule has 176 valence electrons. The van der Waals surface area contributed by atoms with E-state index in [1.54, 1.807) is 0 Å². The van der Waals surface area contributed by atoms with E-state index in [1.807, 2.05) is 24.3 Å². The number of ketones is 2. The van der Waals surface area contributed by atoms with Crippen LogP contribution < -0.4 is 9.80 Å². The van der Waals surface area contributed by atoms with Gasteiger partial charge in [0.2, 0.25) is 0 Å². The first-order chi connectivity index (χ1) is 16.1. The maximum atomic E-state index is 13.4. The molecule has 5 rings (SSSR count). The zero-order valence-electron chi connectivity index (χ0n) is 21.1. The van der Waals surface area contributed by atoms with Gasteiger partial charge < -0.3 is 9.80 Å². The molecule has 1 aliphatic carbocycles. The molecule has 0 saturated heterocycles. The Balaban J connectivity index is 1.47. The Morgan fingerprint density at radius 1 is 0.676 bits per heavy atom. The molecule has 3 aliphatic rings. The second kappa shape index (κ2) is 7.69. The zero-order valence-corrected chi connectivity index (χ0v) is 21.1. The molecule has 0 N–H and O–H groups in total. The van der Waals surface area contributed by atoms with Gasteiger partial charge in [-0.3, -0.25) is 9.59 Å². The summed E-state index contributed by atoms with van der Waals surface area (Å²) in [6, 6.07) is 16.7. The van der Waals surface area contributed by atoms with Crippen LogP contribution in [0.4, 0.5) is 11.4 Å². The van der Waals surface area contributed by atoms with Crippen LogP contribution in [0.5, 0.6) is 0 Å². The third kappa shape index (κ3) is 2.97. The Kier molecular flexibility index (Phi) is 5.12. The number of carbonyl (C=O) groups excluding carboxylic acids is 2. The van der Waals surface area contributed by atoms with Gasteiger partial charge in [0.25, 0.3) is 0 Å². The third-order valence-electron chi connectivity index (χ3n) is 8.11. The fourth-order valence-electron chi connectivity index (χ4n) is 6.18. The molecule has 2 heterocycles. The number of para-hydroxylation sites is 2. The minimum Gasteiger partial charge on any atom is -0.345 e. The van der Waals surface area contributed by atoms with E-state index < -0.39 is 11.8 Å². The van der Waals surface area contributed by atoms with Crippen LogP contribution in [0, 0.1) is 11.8 Å². The highest BCUT2D eigenvalue weighted by atomic mass is 16.2. The molecule has 0 spiro atoms. The normalized spacial score (nSPS) is 26.8. The first-order valence-corrected chi connectivity index (χ1v) is 12.4. The van der Waals surface area contributed by atoms with Gasteiger partial charge in [0, 0.05) is 46.7 Å². The van der Waals surface area contributed by atoms with Gasteiger partial charge in [0.05, 0.1) is 11.8 Å². The van der Waals surface area contributed by atoms with Crippen LogP contribution in [0.2, 0.25) is 0 Å². The molecule has 2 aromatic carbocycles. The zero-order chi connectivity index (χ0) is 24.4. The smallest absolute Gasteiger partial charge is 0.161 e. The second-order valence-corrected chi connectivity index (χ2v) is 10.6. The van der Waals surface area contributed by atoms with Crippen molar-refractivity contribution >= 4 is 22.9 Å². The molecular weight excluding hydrogens is 420 g/mol. The van der Waals surface area contributed by atoms with Crippen LogP contribution >= 0.6 is 0 Å². The van der Waals surface area contributed by atoms with Gasteiger partial charge in [0.15, 0.2) is 11.6 Å². The fourth-order valence-corrected chi connectivity index (χ4v) is 6.18. The molecule has 2 aliphatic heterocycles.